The van der Waals surface area contributed by atoms with E-state index < -0.39 is 6.10 Å². The van der Waals surface area contributed by atoms with Crippen LogP contribution in [0.1, 0.15) is 53.5 Å². The van der Waals surface area contributed by atoms with Crippen molar-refractivity contribution in [1.29, 1.82) is 0 Å². The van der Waals surface area contributed by atoms with Crippen LogP contribution in [0.3, 0.4) is 0 Å². The molecule has 1 aliphatic rings. The van der Waals surface area contributed by atoms with Gasteiger partial charge in [0.25, 0.3) is 0 Å². The van der Waals surface area contributed by atoms with Gasteiger partial charge < -0.3 is 5.11 Å². The van der Waals surface area contributed by atoms with E-state index in [0.717, 1.165) is 16.7 Å². The van der Waals surface area contributed by atoms with Gasteiger partial charge in [0, 0.05) is 0 Å². The van der Waals surface area contributed by atoms with Crippen LogP contribution in [-0.4, -0.2) is 5.11 Å². The van der Waals surface area contributed by atoms with Gasteiger partial charge in [-0.15, -0.1) is 0 Å². The minimum Gasteiger partial charge on any atom is -0.384 e. The van der Waals surface area contributed by atoms with Crippen LogP contribution in [0.4, 0.5) is 0 Å². The molecule has 1 nitrogen and oxygen atoms in total. The van der Waals surface area contributed by atoms with Crippen molar-refractivity contribution in [3.63, 3.8) is 0 Å². The molecule has 1 atom stereocenters. The molecule has 1 unspecified atom stereocenters. The van der Waals surface area contributed by atoms with Crippen LogP contribution in [0.25, 0.3) is 0 Å². The quantitative estimate of drug-likeness (QED) is 0.861. The molecule has 0 radical (unpaired) electrons. The van der Waals surface area contributed by atoms with Crippen LogP contribution in [0, 0.1) is 6.92 Å². The van der Waals surface area contributed by atoms with Crippen LogP contribution in [0.5, 0.6) is 0 Å². The fraction of sp³-hybridized carbons (Fsp3) is 0.333. The van der Waals surface area contributed by atoms with E-state index in [2.05, 4.69) is 18.2 Å². The standard InChI is InChI=1S/C18H20O/c1-13-6-2-3-11-17(13)18(19)16-10-5-9-15(12-16)14-7-4-8-14/h2-3,5-6,9-12,14,18-19H,4,7-8H2,1H3. The molecule has 0 aliphatic heterocycles. The van der Waals surface area contributed by atoms with Gasteiger partial charge >= 0.3 is 0 Å². The summed E-state index contributed by atoms with van der Waals surface area (Å²) in [5.74, 6) is 0.712. The summed E-state index contributed by atoms with van der Waals surface area (Å²) < 4.78 is 0. The number of aliphatic hydroxyl groups excluding tert-OH is 1. The van der Waals surface area contributed by atoms with Gasteiger partial charge in [-0.3, -0.25) is 0 Å². The van der Waals surface area contributed by atoms with Crippen LogP contribution in [0.15, 0.2) is 48.5 Å². The number of aliphatic hydroxyl groups is 1. The first-order valence-corrected chi connectivity index (χ1v) is 7.09. The maximum atomic E-state index is 10.6. The molecular weight excluding hydrogens is 232 g/mol. The zero-order chi connectivity index (χ0) is 13.2. The molecule has 0 spiro atoms. The first-order valence-electron chi connectivity index (χ1n) is 7.09. The smallest absolute Gasteiger partial charge is 0.104 e. The van der Waals surface area contributed by atoms with Crippen molar-refractivity contribution >= 4 is 0 Å². The Hall–Kier alpha value is -1.60. The zero-order valence-electron chi connectivity index (χ0n) is 11.3. The minimum absolute atomic E-state index is 0.513. The Kier molecular flexibility index (Phi) is 3.39. The molecule has 2 aromatic carbocycles. The van der Waals surface area contributed by atoms with Crippen LogP contribution in [0.2, 0.25) is 0 Å². The number of hydrogen-bond donors (Lipinski definition) is 1. The van der Waals surface area contributed by atoms with Crippen molar-refractivity contribution in [2.24, 2.45) is 0 Å². The number of benzene rings is 2. The molecule has 1 fully saturated rings. The fourth-order valence-electron chi connectivity index (χ4n) is 2.80. The maximum Gasteiger partial charge on any atom is 0.104 e. The molecule has 0 bridgehead atoms. The van der Waals surface area contributed by atoms with Gasteiger partial charge in [0.05, 0.1) is 0 Å². The van der Waals surface area contributed by atoms with E-state index in [1.807, 2.05) is 37.3 Å². The number of rotatable bonds is 3. The summed E-state index contributed by atoms with van der Waals surface area (Å²) in [6.45, 7) is 2.05. The Morgan fingerprint density at radius 3 is 2.53 bits per heavy atom. The van der Waals surface area contributed by atoms with Gasteiger partial charge in [-0.05, 0) is 47.9 Å². The van der Waals surface area contributed by atoms with E-state index in [-0.39, 0.29) is 0 Å². The van der Waals surface area contributed by atoms with Crippen LogP contribution >= 0.6 is 0 Å². The van der Waals surface area contributed by atoms with Gasteiger partial charge in [0.2, 0.25) is 0 Å². The monoisotopic (exact) mass is 252 g/mol. The first-order chi connectivity index (χ1) is 9.25. The summed E-state index contributed by atoms with van der Waals surface area (Å²) in [5.41, 5.74) is 4.55. The molecule has 1 heteroatoms. The topological polar surface area (TPSA) is 20.2 Å². The molecule has 2 aromatic rings. The Morgan fingerprint density at radius 2 is 1.84 bits per heavy atom. The van der Waals surface area contributed by atoms with E-state index in [4.69, 9.17) is 0 Å². The van der Waals surface area contributed by atoms with Gasteiger partial charge in [0.15, 0.2) is 0 Å². The molecule has 98 valence electrons. The first kappa shape index (κ1) is 12.4. The summed E-state index contributed by atoms with van der Waals surface area (Å²) in [6.07, 6.45) is 3.42. The summed E-state index contributed by atoms with van der Waals surface area (Å²) in [7, 11) is 0. The lowest BCUT2D eigenvalue weighted by Crippen LogP contribution is -2.10. The summed E-state index contributed by atoms with van der Waals surface area (Å²) >= 11 is 0. The minimum atomic E-state index is -0.513. The molecule has 0 saturated heterocycles. The van der Waals surface area contributed by atoms with Crippen molar-refractivity contribution in [2.75, 3.05) is 0 Å². The molecule has 3 rings (SSSR count). The largest absolute Gasteiger partial charge is 0.384 e. The van der Waals surface area contributed by atoms with Crippen molar-refractivity contribution in [2.45, 2.75) is 38.2 Å². The molecule has 1 saturated carbocycles. The lowest BCUT2D eigenvalue weighted by Gasteiger charge is -2.26. The van der Waals surface area contributed by atoms with Gasteiger partial charge in [-0.2, -0.15) is 0 Å². The summed E-state index contributed by atoms with van der Waals surface area (Å²) in [4.78, 5) is 0. The van der Waals surface area contributed by atoms with Gasteiger partial charge in [-0.25, -0.2) is 0 Å². The van der Waals surface area contributed by atoms with Crippen molar-refractivity contribution in [3.05, 3.63) is 70.8 Å². The molecular formula is C18H20O. The van der Waals surface area contributed by atoms with Crippen LogP contribution in [-0.2, 0) is 0 Å². The van der Waals surface area contributed by atoms with Gasteiger partial charge in [-0.1, -0.05) is 55.0 Å². The second kappa shape index (κ2) is 5.18. The fourth-order valence-corrected chi connectivity index (χ4v) is 2.80. The number of aryl methyl sites for hydroxylation is 1. The molecule has 1 N–H and O–H groups in total. The van der Waals surface area contributed by atoms with E-state index >= 15 is 0 Å². The average Bonchev–Trinajstić information content (AvgIpc) is 2.37. The van der Waals surface area contributed by atoms with E-state index in [0.29, 0.717) is 5.92 Å². The Morgan fingerprint density at radius 1 is 1.05 bits per heavy atom. The molecule has 0 heterocycles. The molecule has 0 amide bonds. The lowest BCUT2D eigenvalue weighted by molar-refractivity contribution is 0.219. The normalized spacial score (nSPS) is 16.9. The zero-order valence-corrected chi connectivity index (χ0v) is 11.3. The second-order valence-corrected chi connectivity index (χ2v) is 5.56. The van der Waals surface area contributed by atoms with E-state index in [1.54, 1.807) is 0 Å². The molecule has 0 aromatic heterocycles. The van der Waals surface area contributed by atoms with Crippen molar-refractivity contribution in [1.82, 2.24) is 0 Å². The van der Waals surface area contributed by atoms with E-state index in [1.165, 1.54) is 24.8 Å². The lowest BCUT2D eigenvalue weighted by atomic mass is 9.79. The Labute approximate surface area is 114 Å². The molecule has 19 heavy (non-hydrogen) atoms. The predicted octanol–water partition coefficient (Wildman–Crippen LogP) is 4.34. The van der Waals surface area contributed by atoms with Crippen molar-refractivity contribution < 1.29 is 5.11 Å². The predicted molar refractivity (Wildman–Crippen MR) is 78.3 cm³/mol. The summed E-state index contributed by atoms with van der Waals surface area (Å²) in [5, 5.41) is 10.6. The highest BCUT2D eigenvalue weighted by Gasteiger charge is 2.20. The Balaban J connectivity index is 1.91. The third-order valence-electron chi connectivity index (χ3n) is 4.29. The SMILES string of the molecule is Cc1ccccc1C(O)c1cccc(C2CCC2)c1. The average molecular weight is 252 g/mol. The third-order valence-corrected chi connectivity index (χ3v) is 4.29. The van der Waals surface area contributed by atoms with E-state index in [9.17, 15) is 5.11 Å². The highest BCUT2D eigenvalue weighted by atomic mass is 16.3. The Bertz CT molecular complexity index is 569. The third kappa shape index (κ3) is 2.43. The van der Waals surface area contributed by atoms with Gasteiger partial charge in [0.1, 0.15) is 6.10 Å². The maximum absolute atomic E-state index is 10.6. The van der Waals surface area contributed by atoms with Crippen LogP contribution < -0.4 is 0 Å². The summed E-state index contributed by atoms with van der Waals surface area (Å²) in [6, 6.07) is 16.5. The highest BCUT2D eigenvalue weighted by Crippen LogP contribution is 2.37. The molecule has 1 aliphatic carbocycles. The highest BCUT2D eigenvalue weighted by molar-refractivity contribution is 5.37. The van der Waals surface area contributed by atoms with Crippen molar-refractivity contribution in [3.8, 4) is 0 Å². The number of hydrogen-bond acceptors (Lipinski definition) is 1. The second-order valence-electron chi connectivity index (χ2n) is 5.56.